The number of allylic oxidation sites excluding steroid dienone is 4. The Bertz CT molecular complexity index is 1060. The predicted molar refractivity (Wildman–Crippen MR) is 187 cm³/mol. The summed E-state index contributed by atoms with van der Waals surface area (Å²) in [7, 11) is 1.96. The molecule has 2 aromatic carbocycles. The third-order valence-electron chi connectivity index (χ3n) is 8.66. The van der Waals surface area contributed by atoms with Gasteiger partial charge in [-0.05, 0) is 124 Å². The molecule has 1 heteroatoms. The van der Waals surface area contributed by atoms with Crippen LogP contribution in [-0.4, -0.2) is 13.6 Å². The molecular weight excluding hydrogens is 494 g/mol. The molecule has 1 N–H and O–H groups in total. The smallest absolute Gasteiger partial charge is 0.00546 e. The van der Waals surface area contributed by atoms with E-state index in [4.69, 9.17) is 0 Å². The average molecular weight is 556 g/mol. The Kier molecular flexibility index (Phi) is 18.0. The lowest BCUT2D eigenvalue weighted by molar-refractivity contribution is 0.217. The van der Waals surface area contributed by atoms with Gasteiger partial charge in [0.25, 0.3) is 0 Å². The summed E-state index contributed by atoms with van der Waals surface area (Å²) in [5.74, 6) is 0. The molecule has 1 saturated carbocycles. The molecular formula is C40H61N. The van der Waals surface area contributed by atoms with E-state index < -0.39 is 0 Å². The first kappa shape index (κ1) is 36.4. The normalized spacial score (nSPS) is 13.6. The molecule has 1 fully saturated rings. The van der Waals surface area contributed by atoms with Crippen LogP contribution in [0.1, 0.15) is 114 Å². The summed E-state index contributed by atoms with van der Waals surface area (Å²) in [4.78, 5) is 0. The van der Waals surface area contributed by atoms with Crippen LogP contribution in [0, 0.1) is 12.3 Å². The molecule has 2 aromatic rings. The molecule has 3 rings (SSSR count). The topological polar surface area (TPSA) is 12.0 Å². The van der Waals surface area contributed by atoms with Crippen molar-refractivity contribution in [2.24, 2.45) is 5.41 Å². The monoisotopic (exact) mass is 555 g/mol. The lowest BCUT2D eigenvalue weighted by Gasteiger charge is -2.40. The lowest BCUT2D eigenvalue weighted by atomic mass is 9.65. The standard InChI is InChI=1S/C31H40.C5H10.C4H11N/c1-6-28-15-18-30(19-16-28)27(5)24(2)20-23-31(21-10-7-11-22-31)26(4)14-17-29-13-9-8-12-25(29)3;1-4-5(2)3;1-3-4-5-2/h8-9,12-13,15-16,18-19H,2,4-7,10-11,14,17,20-23H2,1,3H3;2,4H2,1,3H3;5H,3-4H2,1-2H3. The molecule has 41 heavy (non-hydrogen) atoms. The Hall–Kier alpha value is -2.64. The minimum Gasteiger partial charge on any atom is -0.320 e. The summed E-state index contributed by atoms with van der Waals surface area (Å²) in [6, 6.07) is 17.6. The molecule has 0 saturated heterocycles. The van der Waals surface area contributed by atoms with E-state index in [1.807, 2.05) is 14.0 Å². The van der Waals surface area contributed by atoms with Gasteiger partial charge in [-0.25, -0.2) is 0 Å². The second-order valence-electron chi connectivity index (χ2n) is 11.9. The quantitative estimate of drug-likeness (QED) is 0.191. The van der Waals surface area contributed by atoms with Crippen molar-refractivity contribution in [2.75, 3.05) is 13.6 Å². The summed E-state index contributed by atoms with van der Waals surface area (Å²) in [5, 5.41) is 3.02. The van der Waals surface area contributed by atoms with Crippen molar-refractivity contribution < 1.29 is 0 Å². The molecule has 1 aliphatic rings. The number of hydrogen-bond donors (Lipinski definition) is 1. The van der Waals surface area contributed by atoms with Gasteiger partial charge in [-0.1, -0.05) is 119 Å². The minimum absolute atomic E-state index is 0.274. The van der Waals surface area contributed by atoms with Crippen LogP contribution in [0.2, 0.25) is 0 Å². The Balaban J connectivity index is 0.000000722. The summed E-state index contributed by atoms with van der Waals surface area (Å²) in [5.41, 5.74) is 10.7. The number of nitrogens with one attached hydrogen (secondary N) is 1. The summed E-state index contributed by atoms with van der Waals surface area (Å²) in [6.45, 7) is 28.9. The Morgan fingerprint density at radius 2 is 1.46 bits per heavy atom. The summed E-state index contributed by atoms with van der Waals surface area (Å²) in [6.07, 6.45) is 14.4. The second-order valence-corrected chi connectivity index (χ2v) is 11.9. The molecule has 0 radical (unpaired) electrons. The van der Waals surface area contributed by atoms with Gasteiger partial charge in [-0.2, -0.15) is 0 Å². The number of benzene rings is 2. The van der Waals surface area contributed by atoms with Crippen LogP contribution in [0.3, 0.4) is 0 Å². The minimum atomic E-state index is 0.274. The zero-order valence-corrected chi connectivity index (χ0v) is 27.6. The maximum absolute atomic E-state index is 4.64. The van der Waals surface area contributed by atoms with Crippen LogP contribution in [0.25, 0.3) is 5.57 Å². The third-order valence-corrected chi connectivity index (χ3v) is 8.66. The SMILES string of the molecule is C=C(C)CC.C=C(CCC1(C(=C)CCc2ccccc2C)CCCCC1)C(=C)c1ccc(CC)cc1.CCCNC. The van der Waals surface area contributed by atoms with Crippen molar-refractivity contribution in [3.63, 3.8) is 0 Å². The zero-order chi connectivity index (χ0) is 30.7. The van der Waals surface area contributed by atoms with Crippen molar-refractivity contribution in [3.8, 4) is 0 Å². The van der Waals surface area contributed by atoms with Gasteiger partial charge in [0.15, 0.2) is 0 Å². The van der Waals surface area contributed by atoms with E-state index in [-0.39, 0.29) is 5.41 Å². The molecule has 1 aliphatic carbocycles. The Labute approximate surface area is 255 Å². The van der Waals surface area contributed by atoms with Crippen LogP contribution in [-0.2, 0) is 12.8 Å². The number of rotatable bonds is 13. The van der Waals surface area contributed by atoms with E-state index in [9.17, 15) is 0 Å². The van der Waals surface area contributed by atoms with E-state index >= 15 is 0 Å². The van der Waals surface area contributed by atoms with E-state index in [0.717, 1.165) is 50.6 Å². The molecule has 226 valence electrons. The first-order valence-corrected chi connectivity index (χ1v) is 16.1. The van der Waals surface area contributed by atoms with Gasteiger partial charge in [0.05, 0.1) is 0 Å². The molecule has 0 aromatic heterocycles. The van der Waals surface area contributed by atoms with E-state index in [0.29, 0.717) is 0 Å². The molecule has 0 amide bonds. The van der Waals surface area contributed by atoms with Crippen molar-refractivity contribution in [1.82, 2.24) is 5.32 Å². The van der Waals surface area contributed by atoms with Gasteiger partial charge in [0, 0.05) is 0 Å². The van der Waals surface area contributed by atoms with Crippen molar-refractivity contribution in [3.05, 3.63) is 114 Å². The first-order chi connectivity index (χ1) is 19.6. The van der Waals surface area contributed by atoms with E-state index in [2.05, 4.69) is 108 Å². The highest BCUT2D eigenvalue weighted by Crippen LogP contribution is 2.48. The van der Waals surface area contributed by atoms with Crippen LogP contribution in [0.4, 0.5) is 0 Å². The largest absolute Gasteiger partial charge is 0.320 e. The summed E-state index contributed by atoms with van der Waals surface area (Å²) < 4.78 is 0. The van der Waals surface area contributed by atoms with Gasteiger partial charge in [0.1, 0.15) is 0 Å². The van der Waals surface area contributed by atoms with Crippen LogP contribution < -0.4 is 5.32 Å². The third kappa shape index (κ3) is 13.3. The number of aryl methyl sites for hydroxylation is 3. The maximum Gasteiger partial charge on any atom is -0.00546 e. The Morgan fingerprint density at radius 3 is 1.95 bits per heavy atom. The van der Waals surface area contributed by atoms with Crippen molar-refractivity contribution in [2.45, 2.75) is 112 Å². The van der Waals surface area contributed by atoms with Gasteiger partial charge in [0.2, 0.25) is 0 Å². The van der Waals surface area contributed by atoms with Crippen LogP contribution in [0.15, 0.2) is 91.6 Å². The van der Waals surface area contributed by atoms with Crippen LogP contribution in [0.5, 0.6) is 0 Å². The van der Waals surface area contributed by atoms with Crippen LogP contribution >= 0.6 is 0 Å². The molecule has 1 nitrogen and oxygen atoms in total. The highest BCUT2D eigenvalue weighted by molar-refractivity contribution is 5.76. The van der Waals surface area contributed by atoms with Crippen molar-refractivity contribution in [1.29, 1.82) is 0 Å². The molecule has 0 atom stereocenters. The lowest BCUT2D eigenvalue weighted by Crippen LogP contribution is -2.27. The fourth-order valence-corrected chi connectivity index (χ4v) is 5.39. The highest BCUT2D eigenvalue weighted by Gasteiger charge is 2.34. The summed E-state index contributed by atoms with van der Waals surface area (Å²) >= 11 is 0. The predicted octanol–water partition coefficient (Wildman–Crippen LogP) is 11.6. The maximum atomic E-state index is 4.64. The number of hydrogen-bond acceptors (Lipinski definition) is 1. The molecule has 0 spiro atoms. The fourth-order valence-electron chi connectivity index (χ4n) is 5.39. The first-order valence-electron chi connectivity index (χ1n) is 16.1. The van der Waals surface area contributed by atoms with Crippen molar-refractivity contribution >= 4 is 5.57 Å². The molecule has 0 bridgehead atoms. The molecule has 0 heterocycles. The van der Waals surface area contributed by atoms with Gasteiger partial charge in [-0.3, -0.25) is 0 Å². The average Bonchev–Trinajstić information content (AvgIpc) is 3.00. The fraction of sp³-hybridized carbons (Fsp3) is 0.500. The van der Waals surface area contributed by atoms with E-state index in [1.54, 1.807) is 0 Å². The van der Waals surface area contributed by atoms with Gasteiger partial charge >= 0.3 is 0 Å². The molecule has 0 unspecified atom stereocenters. The Morgan fingerprint density at radius 1 is 0.854 bits per heavy atom. The van der Waals surface area contributed by atoms with Gasteiger partial charge < -0.3 is 5.32 Å². The zero-order valence-electron chi connectivity index (χ0n) is 27.6. The highest BCUT2D eigenvalue weighted by atomic mass is 14.8. The van der Waals surface area contributed by atoms with Gasteiger partial charge in [-0.15, -0.1) is 6.58 Å². The second kappa shape index (κ2) is 20.3. The van der Waals surface area contributed by atoms with E-state index in [1.165, 1.54) is 77.5 Å². The molecule has 0 aliphatic heterocycles.